The van der Waals surface area contributed by atoms with Crippen LogP contribution in [-0.2, 0) is 27.3 Å². The van der Waals surface area contributed by atoms with Gasteiger partial charge in [-0.2, -0.15) is 12.6 Å². The summed E-state index contributed by atoms with van der Waals surface area (Å²) in [6.45, 7) is 0.118. The van der Waals surface area contributed by atoms with E-state index < -0.39 is 29.8 Å². The van der Waals surface area contributed by atoms with Crippen LogP contribution in [0.5, 0.6) is 0 Å². The number of ketones is 1. The number of amides is 2. The lowest BCUT2D eigenvalue weighted by atomic mass is 9.94. The number of hydrogen-bond donors (Lipinski definition) is 5. The first-order valence-corrected chi connectivity index (χ1v) is 7.66. The zero-order valence-electron chi connectivity index (χ0n) is 12.3. The Balaban J connectivity index is 2.20. The normalized spacial score (nSPS) is 22.6. The van der Waals surface area contributed by atoms with Crippen molar-refractivity contribution in [1.82, 2.24) is 25.7 Å². The maximum Gasteiger partial charge on any atom is 0.239 e. The third-order valence-corrected chi connectivity index (χ3v) is 4.03. The zero-order valence-corrected chi connectivity index (χ0v) is 13.2. The lowest BCUT2D eigenvalue weighted by Gasteiger charge is -2.21. The van der Waals surface area contributed by atoms with Gasteiger partial charge in [-0.1, -0.05) is 5.21 Å². The molecule has 11 heteroatoms. The molecule has 1 aromatic rings. The van der Waals surface area contributed by atoms with Gasteiger partial charge >= 0.3 is 0 Å². The largest absolute Gasteiger partial charge is 0.369 e. The molecule has 0 spiro atoms. The zero-order chi connectivity index (χ0) is 17.0. The number of carbonyl (C=O) groups excluding carboxylic acids is 3. The fourth-order valence-electron chi connectivity index (χ4n) is 2.33. The van der Waals surface area contributed by atoms with Crippen LogP contribution in [0.1, 0.15) is 12.1 Å². The maximum absolute atomic E-state index is 12.4. The van der Waals surface area contributed by atoms with Gasteiger partial charge in [0.2, 0.25) is 11.8 Å². The molecule has 2 amide bonds. The first kappa shape index (κ1) is 17.4. The Kier molecular flexibility index (Phi) is 5.69. The van der Waals surface area contributed by atoms with Gasteiger partial charge in [0.25, 0.3) is 0 Å². The van der Waals surface area contributed by atoms with E-state index in [0.717, 1.165) is 0 Å². The van der Waals surface area contributed by atoms with Gasteiger partial charge in [0.05, 0.1) is 18.2 Å². The van der Waals surface area contributed by atoms with Gasteiger partial charge in [0.15, 0.2) is 5.78 Å². The summed E-state index contributed by atoms with van der Waals surface area (Å²) in [7, 11) is 0. The third-order valence-electron chi connectivity index (χ3n) is 3.67. The molecular formula is C12H19N7O3S. The second-order valence-corrected chi connectivity index (χ2v) is 5.73. The highest BCUT2D eigenvalue weighted by atomic mass is 32.1. The Morgan fingerprint density at radius 2 is 2.22 bits per heavy atom. The van der Waals surface area contributed by atoms with Crippen LogP contribution in [0.3, 0.4) is 0 Å². The number of hydrogen-bond acceptors (Lipinski definition) is 8. The number of thiol groups is 1. The number of nitrogens with zero attached hydrogens (tertiary/aromatic N) is 3. The van der Waals surface area contributed by atoms with Gasteiger partial charge in [-0.05, 0) is 0 Å². The lowest BCUT2D eigenvalue weighted by Crippen LogP contribution is -2.54. The molecule has 10 nitrogen and oxygen atoms in total. The molecule has 0 unspecified atom stereocenters. The molecule has 0 saturated heterocycles. The third kappa shape index (κ3) is 4.27. The van der Waals surface area contributed by atoms with Gasteiger partial charge in [-0.25, -0.2) is 10.1 Å². The van der Waals surface area contributed by atoms with Crippen LogP contribution in [0, 0.1) is 5.92 Å². The fourth-order valence-corrected chi connectivity index (χ4v) is 2.60. The summed E-state index contributed by atoms with van der Waals surface area (Å²) in [5.74, 6) is 3.41. The van der Waals surface area contributed by atoms with Gasteiger partial charge < -0.3 is 11.1 Å². The summed E-state index contributed by atoms with van der Waals surface area (Å²) < 4.78 is 1.45. The minimum atomic E-state index is -0.854. The summed E-state index contributed by atoms with van der Waals surface area (Å²) in [4.78, 5) is 36.0. The minimum absolute atomic E-state index is 0.0669. The van der Waals surface area contributed by atoms with Crippen LogP contribution in [-0.4, -0.2) is 50.4 Å². The highest BCUT2D eigenvalue weighted by molar-refractivity contribution is 7.80. The Bertz CT molecular complexity index is 601. The van der Waals surface area contributed by atoms with Crippen molar-refractivity contribution in [2.75, 3.05) is 5.75 Å². The molecular weight excluding hydrogens is 322 g/mol. The van der Waals surface area contributed by atoms with Gasteiger partial charge in [-0.3, -0.25) is 20.2 Å². The van der Waals surface area contributed by atoms with E-state index >= 15 is 0 Å². The van der Waals surface area contributed by atoms with Crippen LogP contribution in [0.4, 0.5) is 0 Å². The quantitative estimate of drug-likeness (QED) is 0.219. The Morgan fingerprint density at radius 3 is 2.83 bits per heavy atom. The second-order valence-electron chi connectivity index (χ2n) is 5.37. The predicted molar refractivity (Wildman–Crippen MR) is 82.9 cm³/mol. The summed E-state index contributed by atoms with van der Waals surface area (Å²) in [5.41, 5.74) is 8.23. The fraction of sp³-hybridized carbons (Fsp3) is 0.583. The van der Waals surface area contributed by atoms with Gasteiger partial charge in [0.1, 0.15) is 12.1 Å². The molecule has 0 aromatic carbocycles. The molecule has 3 atom stereocenters. The number of nitrogens with two attached hydrogens (primary N) is 2. The standard InChI is InChI=1S/C12H19N7O3S/c13-11(21)6-1-7-3-19(18-17-7)4-8(10(20)2-6)15-12(22)9(5-23)16-14/h3,6,8-9,16,23H,1-2,4-5,14H2,(H2,13,21)(H,15,22)/t6-,8+,9+/m1/s1. The molecule has 6 N–H and O–H groups in total. The van der Waals surface area contributed by atoms with Crippen LogP contribution < -0.4 is 22.3 Å². The number of nitrogens with one attached hydrogen (secondary N) is 2. The SMILES string of the molecule is NN[C@@H](CS)C(=O)N[C@H]1Cn2cc(nn2)C[C@@H](C(N)=O)CC1=O. The van der Waals surface area contributed by atoms with E-state index in [0.29, 0.717) is 5.69 Å². The minimum Gasteiger partial charge on any atom is -0.369 e. The van der Waals surface area contributed by atoms with E-state index in [4.69, 9.17) is 11.6 Å². The molecule has 0 radical (unpaired) electrons. The van der Waals surface area contributed by atoms with Crippen molar-refractivity contribution >= 4 is 30.2 Å². The number of carbonyl (C=O) groups is 3. The summed E-state index contributed by atoms with van der Waals surface area (Å²) in [6, 6.07) is -1.59. The lowest BCUT2D eigenvalue weighted by molar-refractivity contribution is -0.131. The Morgan fingerprint density at radius 1 is 1.48 bits per heavy atom. The highest BCUT2D eigenvalue weighted by Gasteiger charge is 2.31. The molecule has 1 aliphatic heterocycles. The van der Waals surface area contributed by atoms with E-state index in [1.165, 1.54) is 4.68 Å². The Labute approximate surface area is 137 Å². The molecule has 2 bridgehead atoms. The van der Waals surface area contributed by atoms with Crippen LogP contribution in [0.2, 0.25) is 0 Å². The second kappa shape index (κ2) is 7.53. The monoisotopic (exact) mass is 341 g/mol. The number of primary amides is 1. The molecule has 23 heavy (non-hydrogen) atoms. The highest BCUT2D eigenvalue weighted by Crippen LogP contribution is 2.15. The summed E-state index contributed by atoms with van der Waals surface area (Å²) >= 11 is 4.01. The number of hydrazine groups is 1. The number of aromatic nitrogens is 3. The van der Waals surface area contributed by atoms with Crippen molar-refractivity contribution in [3.8, 4) is 0 Å². The maximum atomic E-state index is 12.4. The van der Waals surface area contributed by atoms with E-state index in [1.807, 2.05) is 0 Å². The first-order valence-electron chi connectivity index (χ1n) is 7.03. The average Bonchev–Trinajstić information content (AvgIpc) is 2.95. The molecule has 2 heterocycles. The summed E-state index contributed by atoms with van der Waals surface area (Å²) in [6.07, 6.45) is 1.80. The van der Waals surface area contributed by atoms with Crippen molar-refractivity contribution in [2.45, 2.75) is 31.5 Å². The molecule has 0 saturated carbocycles. The van der Waals surface area contributed by atoms with Crippen molar-refractivity contribution in [3.05, 3.63) is 11.9 Å². The van der Waals surface area contributed by atoms with Crippen LogP contribution in [0.25, 0.3) is 0 Å². The van der Waals surface area contributed by atoms with Crippen molar-refractivity contribution < 1.29 is 14.4 Å². The average molecular weight is 341 g/mol. The van der Waals surface area contributed by atoms with E-state index in [-0.39, 0.29) is 30.9 Å². The first-order chi connectivity index (χ1) is 10.9. The summed E-state index contributed by atoms with van der Waals surface area (Å²) in [5, 5.41) is 10.4. The van der Waals surface area contributed by atoms with Crippen LogP contribution in [0.15, 0.2) is 6.20 Å². The van der Waals surface area contributed by atoms with E-state index in [2.05, 4.69) is 33.7 Å². The predicted octanol–water partition coefficient (Wildman–Crippen LogP) is -2.86. The van der Waals surface area contributed by atoms with Crippen molar-refractivity contribution in [2.24, 2.45) is 17.5 Å². The van der Waals surface area contributed by atoms with Gasteiger partial charge in [0, 0.05) is 24.8 Å². The molecule has 126 valence electrons. The molecule has 0 fully saturated rings. The van der Waals surface area contributed by atoms with Crippen molar-refractivity contribution in [1.29, 1.82) is 0 Å². The molecule has 1 aromatic heterocycles. The van der Waals surface area contributed by atoms with Gasteiger partial charge in [-0.15, -0.1) is 5.10 Å². The molecule has 1 aliphatic rings. The number of rotatable bonds is 5. The number of Topliss-reactive ketones (excluding diaryl/α,β-unsaturated/α-hetero) is 1. The molecule has 0 aliphatic carbocycles. The van der Waals surface area contributed by atoms with E-state index in [1.54, 1.807) is 6.20 Å². The number of fused-ring (bicyclic) bond motifs is 2. The Hall–Kier alpha value is -1.98. The smallest absolute Gasteiger partial charge is 0.239 e. The van der Waals surface area contributed by atoms with Crippen molar-refractivity contribution in [3.63, 3.8) is 0 Å². The molecule has 2 rings (SSSR count). The topological polar surface area (TPSA) is 158 Å². The van der Waals surface area contributed by atoms with Crippen LogP contribution >= 0.6 is 12.6 Å². The van der Waals surface area contributed by atoms with E-state index in [9.17, 15) is 14.4 Å².